The van der Waals surface area contributed by atoms with E-state index in [9.17, 15) is 4.39 Å². The van der Waals surface area contributed by atoms with E-state index in [2.05, 4.69) is 5.32 Å². The van der Waals surface area contributed by atoms with Crippen LogP contribution in [0.15, 0.2) is 18.2 Å². The Bertz CT molecular complexity index is 373. The summed E-state index contributed by atoms with van der Waals surface area (Å²) in [5.41, 5.74) is 1.04. The van der Waals surface area contributed by atoms with Gasteiger partial charge in [-0.25, -0.2) is 4.39 Å². The predicted molar refractivity (Wildman–Crippen MR) is 62.6 cm³/mol. The van der Waals surface area contributed by atoms with E-state index >= 15 is 0 Å². The number of hydrogen-bond donors (Lipinski definition) is 1. The summed E-state index contributed by atoms with van der Waals surface area (Å²) in [6.07, 6.45) is 2.02. The van der Waals surface area contributed by atoms with Gasteiger partial charge in [0.25, 0.3) is 0 Å². The van der Waals surface area contributed by atoms with Crippen molar-refractivity contribution in [2.45, 2.75) is 13.0 Å². The number of anilines is 1. The van der Waals surface area contributed by atoms with Crippen molar-refractivity contribution in [1.29, 1.82) is 5.26 Å². The Hall–Kier alpha value is -1.21. The highest BCUT2D eigenvalue weighted by molar-refractivity contribution is 7.98. The Morgan fingerprint density at radius 2 is 2.33 bits per heavy atom. The molecule has 0 aliphatic carbocycles. The summed E-state index contributed by atoms with van der Waals surface area (Å²) in [5.74, 6) is 0.567. The van der Waals surface area contributed by atoms with Crippen LogP contribution in [0.5, 0.6) is 0 Å². The van der Waals surface area contributed by atoms with Gasteiger partial charge in [-0.15, -0.1) is 0 Å². The molecule has 0 spiro atoms. The van der Waals surface area contributed by atoms with E-state index in [1.807, 2.05) is 19.2 Å². The van der Waals surface area contributed by atoms with E-state index in [1.165, 1.54) is 12.1 Å². The lowest BCUT2D eigenvalue weighted by molar-refractivity contribution is 0.627. The molecule has 0 saturated heterocycles. The average Bonchev–Trinajstić information content (AvgIpc) is 2.21. The van der Waals surface area contributed by atoms with Crippen molar-refractivity contribution in [2.75, 3.05) is 17.3 Å². The SMILES string of the molecule is CSCC(C)Nc1ccc(F)cc1C#N. The van der Waals surface area contributed by atoms with Crippen molar-refractivity contribution < 1.29 is 4.39 Å². The quantitative estimate of drug-likeness (QED) is 0.854. The van der Waals surface area contributed by atoms with Crippen LogP contribution in [0.4, 0.5) is 10.1 Å². The van der Waals surface area contributed by atoms with Crippen LogP contribution in [0, 0.1) is 17.1 Å². The standard InChI is InChI=1S/C11H13FN2S/c1-8(7-15-2)14-11-4-3-10(12)5-9(11)6-13/h3-5,8,14H,7H2,1-2H3. The van der Waals surface area contributed by atoms with E-state index < -0.39 is 0 Å². The molecule has 0 aromatic heterocycles. The summed E-state index contributed by atoms with van der Waals surface area (Å²) in [6, 6.07) is 6.44. The first-order valence-electron chi connectivity index (χ1n) is 4.62. The second kappa shape index (κ2) is 5.62. The summed E-state index contributed by atoms with van der Waals surface area (Å²) in [4.78, 5) is 0. The van der Waals surface area contributed by atoms with Crippen molar-refractivity contribution in [1.82, 2.24) is 0 Å². The van der Waals surface area contributed by atoms with Crippen LogP contribution in [-0.2, 0) is 0 Å². The Balaban J connectivity index is 2.81. The highest BCUT2D eigenvalue weighted by atomic mass is 32.2. The van der Waals surface area contributed by atoms with Crippen LogP contribution in [-0.4, -0.2) is 18.1 Å². The summed E-state index contributed by atoms with van der Waals surface area (Å²) in [5, 5.41) is 12.0. The fourth-order valence-corrected chi connectivity index (χ4v) is 1.88. The van der Waals surface area contributed by atoms with Gasteiger partial charge in [-0.05, 0) is 31.4 Å². The number of nitrogens with zero attached hydrogens (tertiary/aromatic N) is 1. The maximum atomic E-state index is 12.8. The van der Waals surface area contributed by atoms with Gasteiger partial charge in [-0.3, -0.25) is 0 Å². The molecule has 80 valence electrons. The van der Waals surface area contributed by atoms with E-state index in [4.69, 9.17) is 5.26 Å². The van der Waals surface area contributed by atoms with Crippen LogP contribution < -0.4 is 5.32 Å². The zero-order valence-corrected chi connectivity index (χ0v) is 9.57. The van der Waals surface area contributed by atoms with Gasteiger partial charge in [0.05, 0.1) is 11.3 Å². The summed E-state index contributed by atoms with van der Waals surface area (Å²) in [7, 11) is 0. The first kappa shape index (κ1) is 11.9. The lowest BCUT2D eigenvalue weighted by Crippen LogP contribution is -2.18. The van der Waals surface area contributed by atoms with Gasteiger partial charge >= 0.3 is 0 Å². The fraction of sp³-hybridized carbons (Fsp3) is 0.364. The van der Waals surface area contributed by atoms with Gasteiger partial charge in [0.1, 0.15) is 11.9 Å². The van der Waals surface area contributed by atoms with Crippen molar-refractivity contribution in [3.63, 3.8) is 0 Å². The Kier molecular flexibility index (Phi) is 4.44. The molecule has 0 saturated carbocycles. The molecule has 0 aliphatic heterocycles. The minimum Gasteiger partial charge on any atom is -0.381 e. The van der Waals surface area contributed by atoms with Crippen LogP contribution in [0.1, 0.15) is 12.5 Å². The van der Waals surface area contributed by atoms with Crippen molar-refractivity contribution >= 4 is 17.4 Å². The second-order valence-electron chi connectivity index (χ2n) is 3.30. The van der Waals surface area contributed by atoms with Crippen LogP contribution in [0.25, 0.3) is 0 Å². The van der Waals surface area contributed by atoms with Crippen molar-refractivity contribution in [3.8, 4) is 6.07 Å². The second-order valence-corrected chi connectivity index (χ2v) is 4.21. The molecule has 0 aliphatic rings. The average molecular weight is 224 g/mol. The molecule has 1 aromatic rings. The van der Waals surface area contributed by atoms with Gasteiger partial charge in [0.15, 0.2) is 0 Å². The van der Waals surface area contributed by atoms with Crippen molar-refractivity contribution in [3.05, 3.63) is 29.6 Å². The zero-order valence-electron chi connectivity index (χ0n) is 8.75. The van der Waals surface area contributed by atoms with Gasteiger partial charge in [0.2, 0.25) is 0 Å². The third-order valence-corrected chi connectivity index (χ3v) is 2.75. The zero-order chi connectivity index (χ0) is 11.3. The molecule has 1 aromatic carbocycles. The summed E-state index contributed by atoms with van der Waals surface area (Å²) < 4.78 is 12.8. The molecule has 0 bridgehead atoms. The monoisotopic (exact) mass is 224 g/mol. The molecule has 1 N–H and O–H groups in total. The normalized spacial score (nSPS) is 11.9. The number of halogens is 1. The number of thioether (sulfide) groups is 1. The molecule has 1 atom stereocenters. The maximum Gasteiger partial charge on any atom is 0.124 e. The highest BCUT2D eigenvalue weighted by Crippen LogP contribution is 2.17. The maximum absolute atomic E-state index is 12.8. The molecule has 1 rings (SSSR count). The molecule has 0 heterocycles. The van der Waals surface area contributed by atoms with Crippen LogP contribution in [0.3, 0.4) is 0 Å². The first-order valence-corrected chi connectivity index (χ1v) is 6.02. The Morgan fingerprint density at radius 3 is 2.93 bits per heavy atom. The van der Waals surface area contributed by atoms with Gasteiger partial charge in [-0.1, -0.05) is 0 Å². The third kappa shape index (κ3) is 3.45. The van der Waals surface area contributed by atoms with Gasteiger partial charge in [-0.2, -0.15) is 17.0 Å². The number of rotatable bonds is 4. The Morgan fingerprint density at radius 1 is 1.60 bits per heavy atom. The summed E-state index contributed by atoms with van der Waals surface area (Å²) in [6.45, 7) is 2.03. The molecular formula is C11H13FN2S. The van der Waals surface area contributed by atoms with Crippen LogP contribution in [0.2, 0.25) is 0 Å². The van der Waals surface area contributed by atoms with Crippen LogP contribution >= 0.6 is 11.8 Å². The van der Waals surface area contributed by atoms with E-state index in [0.717, 1.165) is 5.75 Å². The first-order chi connectivity index (χ1) is 7.17. The summed E-state index contributed by atoms with van der Waals surface area (Å²) >= 11 is 1.73. The topological polar surface area (TPSA) is 35.8 Å². The number of nitriles is 1. The molecular weight excluding hydrogens is 211 g/mol. The van der Waals surface area contributed by atoms with Crippen molar-refractivity contribution in [2.24, 2.45) is 0 Å². The number of hydrogen-bond acceptors (Lipinski definition) is 3. The smallest absolute Gasteiger partial charge is 0.124 e. The number of benzene rings is 1. The minimum absolute atomic E-state index is 0.262. The van der Waals surface area contributed by atoms with E-state index in [0.29, 0.717) is 11.3 Å². The molecule has 1 unspecified atom stereocenters. The molecule has 4 heteroatoms. The third-order valence-electron chi connectivity index (χ3n) is 1.92. The molecule has 15 heavy (non-hydrogen) atoms. The highest BCUT2D eigenvalue weighted by Gasteiger charge is 2.06. The fourth-order valence-electron chi connectivity index (χ4n) is 1.29. The number of nitrogens with one attached hydrogen (secondary N) is 1. The largest absolute Gasteiger partial charge is 0.381 e. The lowest BCUT2D eigenvalue weighted by Gasteiger charge is -2.14. The molecule has 2 nitrogen and oxygen atoms in total. The van der Waals surface area contributed by atoms with Gasteiger partial charge in [0, 0.05) is 11.8 Å². The van der Waals surface area contributed by atoms with E-state index in [1.54, 1.807) is 17.8 Å². The molecule has 0 radical (unpaired) electrons. The van der Waals surface area contributed by atoms with E-state index in [-0.39, 0.29) is 11.9 Å². The Labute approximate surface area is 93.5 Å². The lowest BCUT2D eigenvalue weighted by atomic mass is 10.2. The molecule has 0 fully saturated rings. The molecule has 0 amide bonds. The predicted octanol–water partition coefficient (Wildman–Crippen LogP) is 2.86. The van der Waals surface area contributed by atoms with Gasteiger partial charge < -0.3 is 5.32 Å². The minimum atomic E-state index is -0.380.